The summed E-state index contributed by atoms with van der Waals surface area (Å²) < 4.78 is 6.96. The van der Waals surface area contributed by atoms with Gasteiger partial charge in [0.1, 0.15) is 11.5 Å². The topological polar surface area (TPSA) is 9.23 Å². The molecule has 13 rings (SSSR count). The summed E-state index contributed by atoms with van der Waals surface area (Å²) in [7, 11) is 0. The highest BCUT2D eigenvalue weighted by molar-refractivity contribution is 8.05. The first-order valence-corrected chi connectivity index (χ1v) is 23.7. The average Bonchev–Trinajstić information content (AvgIpc) is 3.76. The van der Waals surface area contributed by atoms with Crippen LogP contribution in [0.25, 0.3) is 44.5 Å². The summed E-state index contributed by atoms with van der Waals surface area (Å²) >= 11 is 5.62. The van der Waals surface area contributed by atoms with Gasteiger partial charge >= 0.3 is 0 Å². The van der Waals surface area contributed by atoms with E-state index in [9.17, 15) is 0 Å². The van der Waals surface area contributed by atoms with Crippen LogP contribution in [0.4, 0.5) is 0 Å². The minimum Gasteiger partial charge on any atom is -0.454 e. The normalized spacial score (nSPS) is 15.1. The second-order valence-electron chi connectivity index (χ2n) is 17.1. The van der Waals surface area contributed by atoms with Crippen LogP contribution in [0.3, 0.4) is 0 Å². The van der Waals surface area contributed by atoms with Crippen LogP contribution in [0.1, 0.15) is 47.2 Å². The zero-order valence-electron chi connectivity index (χ0n) is 34.1. The minimum absolute atomic E-state index is 0.118. The fraction of sp³-hybridized carbons (Fsp3) is 0.0690. The van der Waals surface area contributed by atoms with Crippen molar-refractivity contribution in [2.45, 2.75) is 54.1 Å². The smallest absolute Gasteiger partial charge is 0.149 e. The fourth-order valence-electron chi connectivity index (χ4n) is 10.6. The van der Waals surface area contributed by atoms with Crippen molar-refractivity contribution in [3.63, 3.8) is 0 Å². The summed E-state index contributed by atoms with van der Waals surface area (Å²) in [5.41, 5.74) is 17.2. The third kappa shape index (κ3) is 5.21. The molecule has 9 aromatic rings. The molecule has 1 nitrogen and oxygen atoms in total. The van der Waals surface area contributed by atoms with Crippen LogP contribution in [0.15, 0.2) is 223 Å². The molecule has 0 unspecified atom stereocenters. The summed E-state index contributed by atoms with van der Waals surface area (Å²) in [5, 5.41) is 0. The molecule has 4 aliphatic rings. The maximum absolute atomic E-state index is 6.96. The molecule has 0 bridgehead atoms. The van der Waals surface area contributed by atoms with Gasteiger partial charge < -0.3 is 4.74 Å². The molecule has 4 heteroatoms. The van der Waals surface area contributed by atoms with Crippen LogP contribution < -0.4 is 4.74 Å². The first-order valence-electron chi connectivity index (χ1n) is 21.2. The van der Waals surface area contributed by atoms with Crippen LogP contribution in [0, 0.1) is 0 Å². The van der Waals surface area contributed by atoms with E-state index in [1.807, 2.05) is 23.5 Å². The summed E-state index contributed by atoms with van der Waals surface area (Å²) in [6, 6.07) is 72.1. The highest BCUT2D eigenvalue weighted by atomic mass is 32.2. The van der Waals surface area contributed by atoms with E-state index < -0.39 is 5.41 Å². The SMILES string of the molecule is CC1(C)c2cc(-c3cccc(-c4ccc5c(c4)-c4c(ccc6c4Oc4ccccc4S6)C5(c4ccccc4)c4ccccc4)c3)ccc2-c2c1ccc1c2Sc2ccccc2S1. The van der Waals surface area contributed by atoms with Gasteiger partial charge in [-0.3, -0.25) is 0 Å². The number of hydrogen-bond acceptors (Lipinski definition) is 4. The molecule has 2 aliphatic heterocycles. The maximum Gasteiger partial charge on any atom is 0.149 e. The highest BCUT2D eigenvalue weighted by Gasteiger charge is 2.48. The molecule has 0 saturated carbocycles. The number of fused-ring (bicyclic) bond motifs is 12. The van der Waals surface area contributed by atoms with Crippen LogP contribution in [0.5, 0.6) is 11.5 Å². The molecule has 2 heterocycles. The minimum atomic E-state index is -0.526. The lowest BCUT2D eigenvalue weighted by atomic mass is 9.67. The zero-order chi connectivity index (χ0) is 41.2. The van der Waals surface area contributed by atoms with E-state index in [2.05, 4.69) is 208 Å². The van der Waals surface area contributed by atoms with Crippen molar-refractivity contribution in [2.75, 3.05) is 0 Å². The van der Waals surface area contributed by atoms with Crippen LogP contribution in [-0.2, 0) is 10.8 Å². The Hall–Kier alpha value is -6.17. The van der Waals surface area contributed by atoms with Gasteiger partial charge in [-0.05, 0) is 121 Å². The molecule has 0 atom stereocenters. The molecule has 0 amide bonds. The first kappa shape index (κ1) is 36.5. The molecular weight excluding hydrogens is 809 g/mol. The Morgan fingerprint density at radius 2 is 0.952 bits per heavy atom. The Bertz CT molecular complexity index is 3290. The predicted octanol–water partition coefficient (Wildman–Crippen LogP) is 16.6. The number of benzene rings is 9. The maximum atomic E-state index is 6.96. The Balaban J connectivity index is 0.950. The van der Waals surface area contributed by atoms with Crippen molar-refractivity contribution in [1.82, 2.24) is 0 Å². The summed E-state index contributed by atoms with van der Waals surface area (Å²) in [5.74, 6) is 1.85. The van der Waals surface area contributed by atoms with Gasteiger partial charge in [0.15, 0.2) is 0 Å². The Morgan fingerprint density at radius 1 is 0.371 bits per heavy atom. The Morgan fingerprint density at radius 3 is 1.71 bits per heavy atom. The number of hydrogen-bond donors (Lipinski definition) is 0. The quantitative estimate of drug-likeness (QED) is 0.174. The lowest BCUT2D eigenvalue weighted by Gasteiger charge is -2.34. The van der Waals surface area contributed by atoms with Crippen molar-refractivity contribution in [1.29, 1.82) is 0 Å². The van der Waals surface area contributed by atoms with Gasteiger partial charge in [-0.1, -0.05) is 189 Å². The van der Waals surface area contributed by atoms with E-state index in [0.717, 1.165) is 21.3 Å². The molecule has 0 aromatic heterocycles. The van der Waals surface area contributed by atoms with Crippen molar-refractivity contribution in [2.24, 2.45) is 0 Å². The van der Waals surface area contributed by atoms with E-state index >= 15 is 0 Å². The predicted molar refractivity (Wildman–Crippen MR) is 258 cm³/mol. The van der Waals surface area contributed by atoms with Gasteiger partial charge in [-0.25, -0.2) is 0 Å². The van der Waals surface area contributed by atoms with Crippen molar-refractivity contribution < 1.29 is 4.74 Å². The number of rotatable bonds is 4. The highest BCUT2D eigenvalue weighted by Crippen LogP contribution is 2.63. The third-order valence-electron chi connectivity index (χ3n) is 13.5. The molecule has 0 radical (unpaired) electrons. The van der Waals surface area contributed by atoms with Crippen molar-refractivity contribution >= 4 is 35.3 Å². The number of ether oxygens (including phenoxy) is 1. The lowest BCUT2D eigenvalue weighted by molar-refractivity contribution is 0.456. The standard InChI is InChI=1S/C58H38OS3/c1-57(2)44-28-31-52-56(62-50-23-12-11-22-49(50)61-52)54(44)41-26-24-38(34-46(41)57)36-15-13-14-35(32-36)37-25-27-43-42(33-37)53-45(29-30-51-55(53)59-47-20-9-10-21-48(47)60-51)58(43,39-16-5-3-6-17-39)40-18-7-4-8-19-40/h3-34H,1-2H3. The second kappa shape index (κ2) is 13.7. The molecule has 294 valence electrons. The molecule has 0 N–H and O–H groups in total. The van der Waals surface area contributed by atoms with Crippen molar-refractivity contribution in [3.8, 4) is 56.0 Å². The zero-order valence-corrected chi connectivity index (χ0v) is 36.6. The van der Waals surface area contributed by atoms with Gasteiger partial charge in [0, 0.05) is 36.1 Å². The van der Waals surface area contributed by atoms with Crippen LogP contribution in [-0.4, -0.2) is 0 Å². The van der Waals surface area contributed by atoms with E-state index in [1.54, 1.807) is 11.8 Å². The average molecular weight is 847 g/mol. The molecule has 2 aliphatic carbocycles. The van der Waals surface area contributed by atoms with Crippen LogP contribution in [0.2, 0.25) is 0 Å². The van der Waals surface area contributed by atoms with E-state index in [4.69, 9.17) is 4.74 Å². The lowest BCUT2D eigenvalue weighted by Crippen LogP contribution is -2.28. The Kier molecular flexibility index (Phi) is 8.04. The monoisotopic (exact) mass is 846 g/mol. The molecular formula is C58H38OS3. The summed E-state index contributed by atoms with van der Waals surface area (Å²) in [6.45, 7) is 4.79. The van der Waals surface area contributed by atoms with E-state index in [0.29, 0.717) is 0 Å². The fourth-order valence-corrected chi connectivity index (χ4v) is 14.0. The largest absolute Gasteiger partial charge is 0.454 e. The Labute approximate surface area is 375 Å². The van der Waals surface area contributed by atoms with Crippen LogP contribution >= 0.6 is 35.3 Å². The second-order valence-corrected chi connectivity index (χ2v) is 20.4. The summed E-state index contributed by atoms with van der Waals surface area (Å²) in [4.78, 5) is 7.71. The third-order valence-corrected chi connectivity index (χ3v) is 17.2. The van der Waals surface area contributed by atoms with E-state index in [1.165, 1.54) is 97.5 Å². The van der Waals surface area contributed by atoms with Gasteiger partial charge in [-0.2, -0.15) is 0 Å². The molecule has 9 aromatic carbocycles. The van der Waals surface area contributed by atoms with Gasteiger partial charge in [-0.15, -0.1) is 0 Å². The number of para-hydroxylation sites is 1. The van der Waals surface area contributed by atoms with Gasteiger partial charge in [0.25, 0.3) is 0 Å². The molecule has 0 fully saturated rings. The molecule has 0 spiro atoms. The van der Waals surface area contributed by atoms with Crippen molar-refractivity contribution in [3.05, 3.63) is 228 Å². The molecule has 0 saturated heterocycles. The van der Waals surface area contributed by atoms with Gasteiger partial charge in [0.05, 0.1) is 15.2 Å². The first-order chi connectivity index (χ1) is 30.5. The molecule has 62 heavy (non-hydrogen) atoms. The summed E-state index contributed by atoms with van der Waals surface area (Å²) in [6.07, 6.45) is 0. The van der Waals surface area contributed by atoms with E-state index in [-0.39, 0.29) is 5.41 Å². The van der Waals surface area contributed by atoms with Gasteiger partial charge in [0.2, 0.25) is 0 Å².